The molecule has 1 aromatic carbocycles. The van der Waals surface area contributed by atoms with Crippen LogP contribution in [0.2, 0.25) is 0 Å². The van der Waals surface area contributed by atoms with Gasteiger partial charge in [0, 0.05) is 5.56 Å². The maximum Gasteiger partial charge on any atom is 0.171 e. The number of aliphatic hydroxyl groups excluding tert-OH is 1. The summed E-state index contributed by atoms with van der Waals surface area (Å²) >= 11 is 0. The highest BCUT2D eigenvalue weighted by Gasteiger charge is 1.94. The molecule has 3 N–H and O–H groups in total. The fraction of sp³-hybridized carbons (Fsp3) is 0.111. The van der Waals surface area contributed by atoms with Crippen LogP contribution >= 0.6 is 0 Å². The van der Waals surface area contributed by atoms with Gasteiger partial charge in [0.15, 0.2) is 6.29 Å². The number of aromatic hydroxyl groups is 1. The van der Waals surface area contributed by atoms with Crippen molar-refractivity contribution in [2.45, 2.75) is 6.29 Å². The second kappa shape index (κ2) is 3.90. The molecule has 0 saturated carbocycles. The van der Waals surface area contributed by atoms with E-state index in [-0.39, 0.29) is 5.75 Å². The van der Waals surface area contributed by atoms with Gasteiger partial charge in [0.1, 0.15) is 5.75 Å². The molecule has 12 heavy (non-hydrogen) atoms. The van der Waals surface area contributed by atoms with Crippen LogP contribution in [0.4, 0.5) is 0 Å². The Bertz CT molecular complexity index is 279. The van der Waals surface area contributed by atoms with E-state index in [0.717, 1.165) is 0 Å². The molecule has 64 valence electrons. The quantitative estimate of drug-likeness (QED) is 0.567. The summed E-state index contributed by atoms with van der Waals surface area (Å²) in [6, 6.07) is 6.66. The van der Waals surface area contributed by atoms with E-state index in [1.165, 1.54) is 18.2 Å². The summed E-state index contributed by atoms with van der Waals surface area (Å²) in [5.74, 6) is 0.120. The summed E-state index contributed by atoms with van der Waals surface area (Å²) in [4.78, 5) is 0. The van der Waals surface area contributed by atoms with E-state index in [1.807, 2.05) is 0 Å². The van der Waals surface area contributed by atoms with Gasteiger partial charge < -0.3 is 15.3 Å². The minimum Gasteiger partial charge on any atom is -0.507 e. The molecule has 0 aromatic heterocycles. The number of aliphatic hydroxyl groups is 2. The van der Waals surface area contributed by atoms with Gasteiger partial charge in [0.25, 0.3) is 0 Å². The minimum atomic E-state index is -1.48. The van der Waals surface area contributed by atoms with Crippen LogP contribution in [-0.4, -0.2) is 21.6 Å². The van der Waals surface area contributed by atoms with Crippen molar-refractivity contribution in [3.05, 3.63) is 35.9 Å². The molecule has 0 aliphatic carbocycles. The van der Waals surface area contributed by atoms with Crippen molar-refractivity contribution in [2.24, 2.45) is 0 Å². The Morgan fingerprint density at radius 1 is 1.17 bits per heavy atom. The van der Waals surface area contributed by atoms with E-state index in [9.17, 15) is 5.11 Å². The average Bonchev–Trinajstić information content (AvgIpc) is 2.03. The Balaban J connectivity index is 2.82. The Labute approximate surface area is 70.2 Å². The molecule has 0 atom stereocenters. The van der Waals surface area contributed by atoms with E-state index in [1.54, 1.807) is 18.2 Å². The Hall–Kier alpha value is -1.32. The predicted octanol–water partition coefficient (Wildman–Crippen LogP) is 0.716. The van der Waals surface area contributed by atoms with Crippen molar-refractivity contribution in [1.82, 2.24) is 0 Å². The molecule has 0 bridgehead atoms. The summed E-state index contributed by atoms with van der Waals surface area (Å²) in [5, 5.41) is 26.2. The maximum atomic E-state index is 9.21. The van der Waals surface area contributed by atoms with Gasteiger partial charge in [0.05, 0.1) is 0 Å². The van der Waals surface area contributed by atoms with Crippen molar-refractivity contribution < 1.29 is 15.3 Å². The molecular weight excluding hydrogens is 156 g/mol. The zero-order valence-corrected chi connectivity index (χ0v) is 6.38. The lowest BCUT2D eigenvalue weighted by Gasteiger charge is -1.97. The largest absolute Gasteiger partial charge is 0.507 e. The predicted molar refractivity (Wildman–Crippen MR) is 45.4 cm³/mol. The lowest BCUT2D eigenvalue weighted by molar-refractivity contribution is 0.00304. The summed E-state index contributed by atoms with van der Waals surface area (Å²) in [7, 11) is 0. The number of phenols is 1. The summed E-state index contributed by atoms with van der Waals surface area (Å²) in [6.07, 6.45) is 1.14. The first-order valence-electron chi connectivity index (χ1n) is 3.52. The molecule has 3 heteroatoms. The highest BCUT2D eigenvalue weighted by atomic mass is 16.5. The number of para-hydroxylation sites is 1. The molecule has 0 radical (unpaired) electrons. The first kappa shape index (κ1) is 8.77. The fourth-order valence-corrected chi connectivity index (χ4v) is 0.818. The van der Waals surface area contributed by atoms with Crippen molar-refractivity contribution in [1.29, 1.82) is 0 Å². The molecule has 0 unspecified atom stereocenters. The number of benzene rings is 1. The van der Waals surface area contributed by atoms with Gasteiger partial charge in [-0.1, -0.05) is 24.3 Å². The van der Waals surface area contributed by atoms with Gasteiger partial charge >= 0.3 is 0 Å². The van der Waals surface area contributed by atoms with E-state index >= 15 is 0 Å². The smallest absolute Gasteiger partial charge is 0.171 e. The van der Waals surface area contributed by atoms with Crippen LogP contribution in [0.5, 0.6) is 5.75 Å². The van der Waals surface area contributed by atoms with Gasteiger partial charge in [-0.25, -0.2) is 0 Å². The molecule has 0 aliphatic heterocycles. The highest BCUT2D eigenvalue weighted by Crippen LogP contribution is 2.16. The second-order valence-electron chi connectivity index (χ2n) is 2.33. The van der Waals surface area contributed by atoms with Gasteiger partial charge in [-0.05, 0) is 12.1 Å². The van der Waals surface area contributed by atoms with Crippen molar-refractivity contribution in [3.63, 3.8) is 0 Å². The zero-order chi connectivity index (χ0) is 8.97. The van der Waals surface area contributed by atoms with Gasteiger partial charge in [-0.15, -0.1) is 0 Å². The lowest BCUT2D eigenvalue weighted by Crippen LogP contribution is -1.96. The van der Waals surface area contributed by atoms with E-state index in [2.05, 4.69) is 0 Å². The number of hydrogen-bond donors (Lipinski definition) is 3. The molecule has 0 spiro atoms. The number of hydrogen-bond acceptors (Lipinski definition) is 3. The van der Waals surface area contributed by atoms with Gasteiger partial charge in [0.2, 0.25) is 0 Å². The summed E-state index contributed by atoms with van der Waals surface area (Å²) in [6.45, 7) is 0. The standard InChI is InChI=1S/C9H10O3/c10-8-4-2-1-3-7(8)5-6-9(11)12/h1-6,9-12H. The molecule has 0 amide bonds. The Morgan fingerprint density at radius 2 is 1.83 bits per heavy atom. The van der Waals surface area contributed by atoms with Crippen LogP contribution < -0.4 is 0 Å². The van der Waals surface area contributed by atoms with E-state index in [0.29, 0.717) is 5.56 Å². The third kappa shape index (κ3) is 2.38. The monoisotopic (exact) mass is 166 g/mol. The highest BCUT2D eigenvalue weighted by molar-refractivity contribution is 5.56. The average molecular weight is 166 g/mol. The van der Waals surface area contributed by atoms with Crippen LogP contribution in [0, 0.1) is 0 Å². The molecular formula is C9H10O3. The first-order valence-corrected chi connectivity index (χ1v) is 3.52. The number of phenolic OH excluding ortho intramolecular Hbond substituents is 1. The third-order valence-corrected chi connectivity index (χ3v) is 1.38. The van der Waals surface area contributed by atoms with E-state index < -0.39 is 6.29 Å². The normalized spacial score (nSPS) is 11.2. The van der Waals surface area contributed by atoms with Crippen LogP contribution in [0.25, 0.3) is 6.08 Å². The molecule has 0 saturated heterocycles. The van der Waals surface area contributed by atoms with Crippen LogP contribution in [0.3, 0.4) is 0 Å². The Morgan fingerprint density at radius 3 is 2.42 bits per heavy atom. The molecule has 3 nitrogen and oxygen atoms in total. The minimum absolute atomic E-state index is 0.120. The number of rotatable bonds is 2. The second-order valence-corrected chi connectivity index (χ2v) is 2.33. The first-order chi connectivity index (χ1) is 5.70. The lowest BCUT2D eigenvalue weighted by atomic mass is 10.2. The topological polar surface area (TPSA) is 60.7 Å². The third-order valence-electron chi connectivity index (χ3n) is 1.38. The van der Waals surface area contributed by atoms with E-state index in [4.69, 9.17) is 10.2 Å². The Kier molecular flexibility index (Phi) is 2.85. The fourth-order valence-electron chi connectivity index (χ4n) is 0.818. The molecule has 0 aliphatic rings. The molecule has 0 fully saturated rings. The van der Waals surface area contributed by atoms with Gasteiger partial charge in [-0.3, -0.25) is 0 Å². The van der Waals surface area contributed by atoms with Crippen LogP contribution in [0.15, 0.2) is 30.3 Å². The van der Waals surface area contributed by atoms with Crippen molar-refractivity contribution >= 4 is 6.08 Å². The van der Waals surface area contributed by atoms with Gasteiger partial charge in [-0.2, -0.15) is 0 Å². The summed E-state index contributed by atoms with van der Waals surface area (Å²) in [5.41, 5.74) is 0.561. The molecule has 0 heterocycles. The molecule has 1 rings (SSSR count). The van der Waals surface area contributed by atoms with Crippen LogP contribution in [-0.2, 0) is 0 Å². The van der Waals surface area contributed by atoms with Crippen LogP contribution in [0.1, 0.15) is 5.56 Å². The van der Waals surface area contributed by atoms with Crippen molar-refractivity contribution in [2.75, 3.05) is 0 Å². The SMILES string of the molecule is Oc1ccccc1C=CC(O)O. The molecule has 1 aromatic rings. The van der Waals surface area contributed by atoms with Crippen molar-refractivity contribution in [3.8, 4) is 5.75 Å². The maximum absolute atomic E-state index is 9.21. The summed E-state index contributed by atoms with van der Waals surface area (Å²) < 4.78 is 0. The zero-order valence-electron chi connectivity index (χ0n) is 6.38.